The lowest BCUT2D eigenvalue weighted by Crippen LogP contribution is -2.26. The molecule has 0 amide bonds. The number of hydrogen-bond donors (Lipinski definition) is 2. The lowest BCUT2D eigenvalue weighted by Gasteiger charge is -2.33. The molecule has 0 saturated heterocycles. The maximum absolute atomic E-state index is 12.9. The van der Waals surface area contributed by atoms with Gasteiger partial charge in [-0.1, -0.05) is 20.8 Å². The molecule has 0 radical (unpaired) electrons. The molecule has 1 aromatic carbocycles. The summed E-state index contributed by atoms with van der Waals surface area (Å²) in [6.07, 6.45) is 4.83. The van der Waals surface area contributed by atoms with Gasteiger partial charge in [0.05, 0.1) is 10.3 Å². The third-order valence-corrected chi connectivity index (χ3v) is 9.21. The van der Waals surface area contributed by atoms with Crippen molar-refractivity contribution in [3.05, 3.63) is 58.5 Å². The van der Waals surface area contributed by atoms with Crippen molar-refractivity contribution in [3.8, 4) is 0 Å². The fourth-order valence-corrected chi connectivity index (χ4v) is 6.96. The molecular formula is C26H30N6O2S2. The molecule has 10 heteroatoms. The van der Waals surface area contributed by atoms with E-state index in [1.54, 1.807) is 61.8 Å². The van der Waals surface area contributed by atoms with Gasteiger partial charge in [-0.3, -0.25) is 0 Å². The lowest BCUT2D eigenvalue weighted by molar-refractivity contribution is 0.218. The molecular weight excluding hydrogens is 492 g/mol. The monoisotopic (exact) mass is 522 g/mol. The fourth-order valence-electron chi connectivity index (χ4n) is 4.75. The highest BCUT2D eigenvalue weighted by Crippen LogP contribution is 2.44. The Morgan fingerprint density at radius 2 is 1.72 bits per heavy atom. The second-order valence-electron chi connectivity index (χ2n) is 10.4. The predicted octanol–water partition coefficient (Wildman–Crippen LogP) is 5.79. The Balaban J connectivity index is 1.38. The van der Waals surface area contributed by atoms with Crippen molar-refractivity contribution in [1.29, 1.82) is 0 Å². The SMILES string of the molecule is Cc1cc(C)nc(NS(=O)(=O)c2ccc(Nc3ncnc4sc5c(c34)CCC(C(C)(C)C)C5)cc2)n1. The number of hydrogen-bond acceptors (Lipinski definition) is 8. The highest BCUT2D eigenvalue weighted by molar-refractivity contribution is 7.92. The first kappa shape index (κ1) is 24.6. The molecule has 0 saturated carbocycles. The standard InChI is InChI=1S/C26H30N6O2S2/c1-15-12-16(2)30-25(29-15)32-36(33,34)19-9-7-18(8-10-19)31-23-22-20-11-6-17(26(3,4)5)13-21(20)35-24(22)28-14-27-23/h7-10,12,14,17H,6,11,13H2,1-5H3,(H,27,28,31)(H,29,30,32). The number of aryl methyl sites for hydroxylation is 3. The van der Waals surface area contributed by atoms with Gasteiger partial charge in [0.25, 0.3) is 10.0 Å². The Labute approximate surface area is 215 Å². The fraction of sp³-hybridized carbons (Fsp3) is 0.385. The summed E-state index contributed by atoms with van der Waals surface area (Å²) in [5.74, 6) is 1.47. The third kappa shape index (κ3) is 4.92. The van der Waals surface area contributed by atoms with Crippen LogP contribution in [0.5, 0.6) is 0 Å². The number of fused-ring (bicyclic) bond motifs is 3. The summed E-state index contributed by atoms with van der Waals surface area (Å²) in [5, 5.41) is 4.46. The van der Waals surface area contributed by atoms with E-state index in [-0.39, 0.29) is 16.3 Å². The second-order valence-corrected chi connectivity index (χ2v) is 13.2. The summed E-state index contributed by atoms with van der Waals surface area (Å²) in [6.45, 7) is 10.5. The molecule has 0 fully saturated rings. The molecule has 0 bridgehead atoms. The number of anilines is 3. The van der Waals surface area contributed by atoms with Crippen LogP contribution in [0.1, 0.15) is 49.0 Å². The first-order valence-electron chi connectivity index (χ1n) is 12.0. The van der Waals surface area contributed by atoms with Gasteiger partial charge in [-0.05, 0) is 80.3 Å². The van der Waals surface area contributed by atoms with Crippen LogP contribution in [0, 0.1) is 25.2 Å². The highest BCUT2D eigenvalue weighted by atomic mass is 32.2. The largest absolute Gasteiger partial charge is 0.340 e. The number of thiophene rings is 1. The van der Waals surface area contributed by atoms with Crippen molar-refractivity contribution in [2.75, 3.05) is 10.0 Å². The van der Waals surface area contributed by atoms with Gasteiger partial charge in [0.1, 0.15) is 17.0 Å². The zero-order chi connectivity index (χ0) is 25.7. The molecule has 5 rings (SSSR count). The van der Waals surface area contributed by atoms with Crippen molar-refractivity contribution < 1.29 is 8.42 Å². The van der Waals surface area contributed by atoms with Crippen molar-refractivity contribution >= 4 is 49.0 Å². The van der Waals surface area contributed by atoms with E-state index < -0.39 is 10.0 Å². The van der Waals surface area contributed by atoms with Gasteiger partial charge < -0.3 is 5.32 Å². The van der Waals surface area contributed by atoms with E-state index in [0.717, 1.165) is 41.0 Å². The summed E-state index contributed by atoms with van der Waals surface area (Å²) < 4.78 is 28.2. The first-order valence-corrected chi connectivity index (χ1v) is 14.3. The van der Waals surface area contributed by atoms with E-state index in [1.165, 1.54) is 10.4 Å². The average Bonchev–Trinajstić information content (AvgIpc) is 3.17. The van der Waals surface area contributed by atoms with Crippen molar-refractivity contribution in [2.45, 2.75) is 58.8 Å². The Morgan fingerprint density at radius 1 is 1.03 bits per heavy atom. The van der Waals surface area contributed by atoms with Crippen molar-refractivity contribution in [1.82, 2.24) is 19.9 Å². The number of nitrogens with zero attached hydrogens (tertiary/aromatic N) is 4. The van der Waals surface area contributed by atoms with Crippen LogP contribution in [0.3, 0.4) is 0 Å². The molecule has 4 aromatic rings. The Bertz CT molecular complexity index is 1520. The lowest BCUT2D eigenvalue weighted by atomic mass is 9.72. The quantitative estimate of drug-likeness (QED) is 0.341. The minimum Gasteiger partial charge on any atom is -0.340 e. The van der Waals surface area contributed by atoms with Crippen molar-refractivity contribution in [3.63, 3.8) is 0 Å². The topological polar surface area (TPSA) is 110 Å². The molecule has 3 heterocycles. The summed E-state index contributed by atoms with van der Waals surface area (Å²) >= 11 is 1.76. The third-order valence-electron chi connectivity index (χ3n) is 6.71. The maximum atomic E-state index is 12.9. The molecule has 3 aromatic heterocycles. The number of rotatable bonds is 5. The zero-order valence-electron chi connectivity index (χ0n) is 21.1. The van der Waals surface area contributed by atoms with Crippen LogP contribution in [0.25, 0.3) is 10.2 Å². The second kappa shape index (κ2) is 9.08. The molecule has 36 heavy (non-hydrogen) atoms. The van der Waals surface area contributed by atoms with E-state index in [2.05, 4.69) is 50.7 Å². The van der Waals surface area contributed by atoms with Crippen LogP contribution in [0.4, 0.5) is 17.5 Å². The number of benzene rings is 1. The van der Waals surface area contributed by atoms with E-state index in [0.29, 0.717) is 17.3 Å². The summed E-state index contributed by atoms with van der Waals surface area (Å²) in [4.78, 5) is 19.9. The van der Waals surface area contributed by atoms with Gasteiger partial charge in [-0.2, -0.15) is 0 Å². The summed E-state index contributed by atoms with van der Waals surface area (Å²) in [5.41, 5.74) is 3.76. The number of sulfonamides is 1. The predicted molar refractivity (Wildman–Crippen MR) is 144 cm³/mol. The van der Waals surface area contributed by atoms with Crippen LogP contribution in [0.2, 0.25) is 0 Å². The molecule has 8 nitrogen and oxygen atoms in total. The van der Waals surface area contributed by atoms with E-state index >= 15 is 0 Å². The molecule has 1 unspecified atom stereocenters. The van der Waals surface area contributed by atoms with Crippen LogP contribution < -0.4 is 10.0 Å². The van der Waals surface area contributed by atoms with E-state index in [9.17, 15) is 8.42 Å². The zero-order valence-corrected chi connectivity index (χ0v) is 22.7. The van der Waals surface area contributed by atoms with Gasteiger partial charge in [0, 0.05) is 22.0 Å². The minimum absolute atomic E-state index is 0.0639. The first-order chi connectivity index (χ1) is 17.0. The Kier molecular flexibility index (Phi) is 6.20. The molecule has 1 aliphatic carbocycles. The number of nitrogens with one attached hydrogen (secondary N) is 2. The summed E-state index contributed by atoms with van der Waals surface area (Å²) in [7, 11) is -3.82. The Morgan fingerprint density at radius 3 is 2.39 bits per heavy atom. The molecule has 0 aliphatic heterocycles. The minimum atomic E-state index is -3.82. The highest BCUT2D eigenvalue weighted by Gasteiger charge is 2.31. The maximum Gasteiger partial charge on any atom is 0.264 e. The van der Waals surface area contributed by atoms with E-state index in [1.807, 2.05) is 0 Å². The van der Waals surface area contributed by atoms with Gasteiger partial charge in [0.15, 0.2) is 0 Å². The van der Waals surface area contributed by atoms with Crippen molar-refractivity contribution in [2.24, 2.45) is 11.3 Å². The molecule has 0 spiro atoms. The molecule has 188 valence electrons. The molecule has 1 atom stereocenters. The average molecular weight is 523 g/mol. The van der Waals surface area contributed by atoms with Crippen LogP contribution in [-0.4, -0.2) is 28.4 Å². The van der Waals surface area contributed by atoms with Gasteiger partial charge >= 0.3 is 0 Å². The van der Waals surface area contributed by atoms with Crippen LogP contribution >= 0.6 is 11.3 Å². The normalized spacial score (nSPS) is 16.1. The van der Waals surface area contributed by atoms with Crippen LogP contribution in [-0.2, 0) is 22.9 Å². The molecule has 2 N–H and O–H groups in total. The van der Waals surface area contributed by atoms with Gasteiger partial charge in [-0.15, -0.1) is 11.3 Å². The van der Waals surface area contributed by atoms with Crippen LogP contribution in [0.15, 0.2) is 41.6 Å². The van der Waals surface area contributed by atoms with Gasteiger partial charge in [0.2, 0.25) is 5.95 Å². The smallest absolute Gasteiger partial charge is 0.264 e. The number of aromatic nitrogens is 4. The van der Waals surface area contributed by atoms with E-state index in [4.69, 9.17) is 0 Å². The Hall–Kier alpha value is -3.11. The summed E-state index contributed by atoms with van der Waals surface area (Å²) in [6, 6.07) is 8.37. The molecule has 1 aliphatic rings. The van der Waals surface area contributed by atoms with Gasteiger partial charge in [-0.25, -0.2) is 33.1 Å².